The van der Waals surface area contributed by atoms with Gasteiger partial charge in [0.15, 0.2) is 6.10 Å². The summed E-state index contributed by atoms with van der Waals surface area (Å²) in [6.07, 6.45) is 48.7. The third kappa shape index (κ3) is 41.6. The van der Waals surface area contributed by atoms with Crippen LogP contribution in [0, 0.1) is 0 Å². The maximum Gasteiger partial charge on any atom is 0.472 e. The van der Waals surface area contributed by atoms with E-state index in [1.54, 1.807) is 0 Å². The van der Waals surface area contributed by atoms with E-state index >= 15 is 0 Å². The van der Waals surface area contributed by atoms with Gasteiger partial charge < -0.3 is 20.1 Å². The Bertz CT molecular complexity index is 1060. The van der Waals surface area contributed by atoms with Gasteiger partial charge in [-0.15, -0.1) is 0 Å². The Labute approximate surface area is 343 Å². The van der Waals surface area contributed by atoms with Crippen molar-refractivity contribution < 1.29 is 37.6 Å². The van der Waals surface area contributed by atoms with Crippen LogP contribution in [0.2, 0.25) is 0 Å². The molecule has 0 bridgehead atoms. The molecule has 0 fully saturated rings. The van der Waals surface area contributed by atoms with Gasteiger partial charge in [0.05, 0.1) is 13.2 Å². The quantitative estimate of drug-likeness (QED) is 0.0267. The minimum absolute atomic E-state index is 0.0459. The number of phosphoric acid groups is 1. The minimum atomic E-state index is -4.39. The first-order valence-corrected chi connectivity index (χ1v) is 24.2. The van der Waals surface area contributed by atoms with Gasteiger partial charge in [-0.25, -0.2) is 4.57 Å². The Morgan fingerprint density at radius 1 is 0.554 bits per heavy atom. The number of esters is 2. The lowest BCUT2D eigenvalue weighted by molar-refractivity contribution is -0.161. The van der Waals surface area contributed by atoms with Crippen molar-refractivity contribution in [3.05, 3.63) is 48.6 Å². The summed E-state index contributed by atoms with van der Waals surface area (Å²) in [6, 6.07) is 0. The molecule has 9 nitrogen and oxygen atoms in total. The van der Waals surface area contributed by atoms with Crippen molar-refractivity contribution in [2.24, 2.45) is 5.73 Å². The second-order valence-electron chi connectivity index (χ2n) is 15.0. The van der Waals surface area contributed by atoms with E-state index in [9.17, 15) is 19.0 Å². The highest BCUT2D eigenvalue weighted by Crippen LogP contribution is 2.43. The number of nitrogens with two attached hydrogens (primary N) is 1. The van der Waals surface area contributed by atoms with E-state index in [4.69, 9.17) is 24.3 Å². The van der Waals surface area contributed by atoms with Crippen LogP contribution in [-0.2, 0) is 32.7 Å². The first-order valence-electron chi connectivity index (χ1n) is 22.7. The van der Waals surface area contributed by atoms with Gasteiger partial charge in [0.25, 0.3) is 0 Å². The maximum atomic E-state index is 12.5. The summed E-state index contributed by atoms with van der Waals surface area (Å²) in [4.78, 5) is 34.8. The van der Waals surface area contributed by atoms with Gasteiger partial charge in [0, 0.05) is 19.4 Å². The molecule has 0 aromatic heterocycles. The van der Waals surface area contributed by atoms with Crippen molar-refractivity contribution in [3.8, 4) is 0 Å². The zero-order valence-corrected chi connectivity index (χ0v) is 36.8. The van der Waals surface area contributed by atoms with Crippen LogP contribution < -0.4 is 5.73 Å². The molecule has 0 saturated carbocycles. The van der Waals surface area contributed by atoms with E-state index in [2.05, 4.69) is 26.0 Å². The van der Waals surface area contributed by atoms with Crippen LogP contribution in [0.5, 0.6) is 0 Å². The van der Waals surface area contributed by atoms with Crippen molar-refractivity contribution >= 4 is 19.8 Å². The third-order valence-electron chi connectivity index (χ3n) is 9.57. The van der Waals surface area contributed by atoms with E-state index in [0.29, 0.717) is 6.42 Å². The van der Waals surface area contributed by atoms with Gasteiger partial charge in [-0.3, -0.25) is 18.6 Å². The molecule has 2 unspecified atom stereocenters. The normalized spacial score (nSPS) is 13.7. The summed E-state index contributed by atoms with van der Waals surface area (Å²) in [5, 5.41) is 0. The van der Waals surface area contributed by atoms with E-state index in [1.165, 1.54) is 122 Å². The Hall–Kier alpha value is -2.03. The van der Waals surface area contributed by atoms with Crippen LogP contribution in [0.1, 0.15) is 200 Å². The first kappa shape index (κ1) is 54.0. The molecule has 2 atom stereocenters. The van der Waals surface area contributed by atoms with Gasteiger partial charge in [-0.05, 0) is 32.1 Å². The van der Waals surface area contributed by atoms with E-state index < -0.39 is 32.5 Å². The van der Waals surface area contributed by atoms with E-state index in [0.717, 1.165) is 44.9 Å². The molecule has 0 aliphatic rings. The molecule has 0 heterocycles. The summed E-state index contributed by atoms with van der Waals surface area (Å²) >= 11 is 0. The molecule has 326 valence electrons. The summed E-state index contributed by atoms with van der Waals surface area (Å²) in [7, 11) is -4.39. The van der Waals surface area contributed by atoms with Crippen LogP contribution >= 0.6 is 7.82 Å². The Morgan fingerprint density at radius 3 is 1.46 bits per heavy atom. The molecule has 0 amide bonds. The Morgan fingerprint density at radius 2 is 0.982 bits per heavy atom. The van der Waals surface area contributed by atoms with Crippen molar-refractivity contribution in [3.63, 3.8) is 0 Å². The number of hydrogen-bond acceptors (Lipinski definition) is 8. The molecule has 56 heavy (non-hydrogen) atoms. The third-order valence-corrected chi connectivity index (χ3v) is 10.6. The highest BCUT2D eigenvalue weighted by molar-refractivity contribution is 7.47. The summed E-state index contributed by atoms with van der Waals surface area (Å²) in [5.41, 5.74) is 5.34. The molecule has 0 spiro atoms. The molecule has 0 aromatic carbocycles. The molecular weight excluding hydrogens is 725 g/mol. The van der Waals surface area contributed by atoms with Crippen LogP contribution in [0.25, 0.3) is 0 Å². The van der Waals surface area contributed by atoms with Crippen molar-refractivity contribution in [1.82, 2.24) is 0 Å². The maximum absolute atomic E-state index is 12.5. The number of carbonyl (C=O) groups is 2. The second-order valence-corrected chi connectivity index (χ2v) is 16.4. The van der Waals surface area contributed by atoms with Gasteiger partial charge in [-0.2, -0.15) is 0 Å². The minimum Gasteiger partial charge on any atom is -0.462 e. The SMILES string of the molecule is CC/C=C/C=C/C=C/C=C/CCCCCC(=O)OC(COC(=O)CCCCCCCCCCCCCCCCCCCCCCCC)COP(=O)(O)OCCN. The molecule has 10 heteroatoms. The van der Waals surface area contributed by atoms with Crippen LogP contribution in [0.4, 0.5) is 0 Å². The largest absolute Gasteiger partial charge is 0.472 e. The summed E-state index contributed by atoms with van der Waals surface area (Å²) in [6.45, 7) is 3.56. The fourth-order valence-electron chi connectivity index (χ4n) is 6.23. The number of unbranched alkanes of at least 4 members (excludes halogenated alkanes) is 24. The van der Waals surface area contributed by atoms with Gasteiger partial charge >= 0.3 is 19.8 Å². The zero-order chi connectivity index (χ0) is 41.1. The number of carbonyl (C=O) groups excluding carboxylic acids is 2. The highest BCUT2D eigenvalue weighted by atomic mass is 31.2. The molecule has 0 aromatic rings. The van der Waals surface area contributed by atoms with Crippen LogP contribution in [0.3, 0.4) is 0 Å². The van der Waals surface area contributed by atoms with Crippen molar-refractivity contribution in [2.45, 2.75) is 206 Å². The first-order chi connectivity index (χ1) is 27.3. The predicted molar refractivity (Wildman–Crippen MR) is 233 cm³/mol. The zero-order valence-electron chi connectivity index (χ0n) is 35.9. The average molecular weight is 810 g/mol. The van der Waals surface area contributed by atoms with Gasteiger partial charge in [0.1, 0.15) is 6.61 Å². The number of hydrogen-bond donors (Lipinski definition) is 2. The second kappa shape index (κ2) is 42.6. The number of rotatable bonds is 42. The lowest BCUT2D eigenvalue weighted by Gasteiger charge is -2.19. The lowest BCUT2D eigenvalue weighted by atomic mass is 10.0. The molecule has 3 N–H and O–H groups in total. The summed E-state index contributed by atoms with van der Waals surface area (Å²) < 4.78 is 32.7. The van der Waals surface area contributed by atoms with E-state index in [-0.39, 0.29) is 32.6 Å². The Kier molecular flexibility index (Phi) is 41.0. The number of phosphoric ester groups is 1. The molecule has 0 saturated heterocycles. The predicted octanol–water partition coefficient (Wildman–Crippen LogP) is 13.1. The summed E-state index contributed by atoms with van der Waals surface area (Å²) in [5.74, 6) is -0.870. The molecule has 0 aliphatic carbocycles. The number of ether oxygens (including phenoxy) is 2. The standard InChI is InChI=1S/C46H84NO8P/c1-3-5-7-9-11-13-15-17-18-19-20-21-22-23-24-25-27-28-30-32-34-36-38-45(48)52-42-44(43-54-56(50,51)53-41-40-47)55-46(49)39-37-35-33-31-29-26-16-14-12-10-8-6-4-2/h6,8,10,12,14,16,26,29,44H,3-5,7,9,11,13,15,17-25,27-28,30-43,47H2,1-2H3,(H,50,51)/b8-6+,12-10+,16-14+,29-26+. The van der Waals surface area contributed by atoms with Crippen LogP contribution in [0.15, 0.2) is 48.6 Å². The van der Waals surface area contributed by atoms with Crippen molar-refractivity contribution in [2.75, 3.05) is 26.4 Å². The molecular formula is C46H84NO8P. The number of allylic oxidation sites excluding steroid dienone is 8. The fraction of sp³-hybridized carbons (Fsp3) is 0.783. The Balaban J connectivity index is 4.06. The highest BCUT2D eigenvalue weighted by Gasteiger charge is 2.26. The lowest BCUT2D eigenvalue weighted by Crippen LogP contribution is -2.29. The molecule has 0 aliphatic heterocycles. The monoisotopic (exact) mass is 810 g/mol. The van der Waals surface area contributed by atoms with Gasteiger partial charge in [-0.1, -0.05) is 204 Å². The smallest absolute Gasteiger partial charge is 0.462 e. The van der Waals surface area contributed by atoms with Crippen LogP contribution in [-0.4, -0.2) is 49.3 Å². The average Bonchev–Trinajstić information content (AvgIpc) is 3.18. The van der Waals surface area contributed by atoms with Crippen molar-refractivity contribution in [1.29, 1.82) is 0 Å². The molecule has 0 rings (SSSR count). The topological polar surface area (TPSA) is 134 Å². The molecule has 0 radical (unpaired) electrons. The fourth-order valence-corrected chi connectivity index (χ4v) is 7.00. The van der Waals surface area contributed by atoms with Gasteiger partial charge in [0.2, 0.25) is 0 Å². The van der Waals surface area contributed by atoms with E-state index in [1.807, 2.05) is 36.5 Å².